The molecule has 1 aliphatic carbocycles. The molecule has 1 aromatic rings. The van der Waals surface area contributed by atoms with Gasteiger partial charge in [-0.3, -0.25) is 10.1 Å². The van der Waals surface area contributed by atoms with Crippen molar-refractivity contribution in [3.05, 3.63) is 16.4 Å². The van der Waals surface area contributed by atoms with Crippen LogP contribution in [0.5, 0.6) is 0 Å². The third-order valence-corrected chi connectivity index (χ3v) is 5.23. The van der Waals surface area contributed by atoms with E-state index in [1.807, 2.05) is 0 Å². The Labute approximate surface area is 154 Å². The van der Waals surface area contributed by atoms with Gasteiger partial charge in [-0.05, 0) is 53.4 Å². The highest BCUT2D eigenvalue weighted by Gasteiger charge is 2.39. The molecule has 0 spiro atoms. The zero-order valence-electron chi connectivity index (χ0n) is 16.1. The van der Waals surface area contributed by atoms with E-state index in [1.54, 1.807) is 0 Å². The van der Waals surface area contributed by atoms with Crippen LogP contribution < -0.4 is 16.0 Å². The van der Waals surface area contributed by atoms with Gasteiger partial charge in [-0.2, -0.15) is 0 Å². The lowest BCUT2D eigenvalue weighted by atomic mass is 9.79. The fourth-order valence-corrected chi connectivity index (χ4v) is 4.64. The molecule has 3 N–H and O–H groups in total. The van der Waals surface area contributed by atoms with Crippen molar-refractivity contribution in [2.75, 3.05) is 10.6 Å². The number of piperidine rings is 1. The van der Waals surface area contributed by atoms with Crippen LogP contribution in [-0.4, -0.2) is 38.1 Å². The Hall–Kier alpha value is -1.96. The number of hydrogen-bond acceptors (Lipinski definition) is 7. The zero-order chi connectivity index (χ0) is 18.9. The summed E-state index contributed by atoms with van der Waals surface area (Å²) in [7, 11) is 0. The van der Waals surface area contributed by atoms with Gasteiger partial charge >= 0.3 is 5.69 Å². The summed E-state index contributed by atoms with van der Waals surface area (Å²) in [5.74, 6) is 0.635. The van der Waals surface area contributed by atoms with Gasteiger partial charge in [0.05, 0.1) is 4.92 Å². The van der Waals surface area contributed by atoms with E-state index in [1.165, 1.54) is 6.33 Å². The van der Waals surface area contributed by atoms with Gasteiger partial charge in [-0.25, -0.2) is 9.97 Å². The summed E-state index contributed by atoms with van der Waals surface area (Å²) >= 11 is 0. The fourth-order valence-electron chi connectivity index (χ4n) is 4.64. The molecule has 1 saturated carbocycles. The summed E-state index contributed by atoms with van der Waals surface area (Å²) in [5.41, 5.74) is -0.147. The average molecular weight is 362 g/mol. The van der Waals surface area contributed by atoms with Gasteiger partial charge in [0.1, 0.15) is 6.33 Å². The molecule has 2 aliphatic rings. The van der Waals surface area contributed by atoms with Crippen LogP contribution >= 0.6 is 0 Å². The van der Waals surface area contributed by atoms with Crippen LogP contribution in [0.2, 0.25) is 0 Å². The monoisotopic (exact) mass is 362 g/mol. The Balaban J connectivity index is 1.83. The molecule has 1 aromatic heterocycles. The van der Waals surface area contributed by atoms with Crippen molar-refractivity contribution in [3.8, 4) is 0 Å². The maximum atomic E-state index is 11.7. The quantitative estimate of drug-likeness (QED) is 0.544. The molecular weight excluding hydrogens is 332 g/mol. The Morgan fingerprint density at radius 1 is 1.04 bits per heavy atom. The van der Waals surface area contributed by atoms with E-state index in [-0.39, 0.29) is 33.8 Å². The van der Waals surface area contributed by atoms with Crippen LogP contribution in [0.25, 0.3) is 0 Å². The summed E-state index contributed by atoms with van der Waals surface area (Å²) < 4.78 is 0. The van der Waals surface area contributed by atoms with E-state index in [0.29, 0.717) is 11.6 Å². The highest BCUT2D eigenvalue weighted by molar-refractivity contribution is 5.69. The smallest absolute Gasteiger partial charge is 0.353 e. The molecule has 0 bridgehead atoms. The van der Waals surface area contributed by atoms with Crippen molar-refractivity contribution in [1.29, 1.82) is 0 Å². The topological polar surface area (TPSA) is 105 Å². The largest absolute Gasteiger partial charge is 0.361 e. The van der Waals surface area contributed by atoms with Gasteiger partial charge in [0.15, 0.2) is 0 Å². The lowest BCUT2D eigenvalue weighted by Crippen LogP contribution is -2.60. The van der Waals surface area contributed by atoms with Crippen molar-refractivity contribution in [3.63, 3.8) is 0 Å². The predicted octanol–water partition coefficient (Wildman–Crippen LogP) is 3.46. The second kappa shape index (κ2) is 6.98. The Morgan fingerprint density at radius 2 is 1.54 bits per heavy atom. The average Bonchev–Trinajstić information content (AvgIpc) is 2.96. The molecule has 0 radical (unpaired) electrons. The molecule has 2 fully saturated rings. The molecule has 0 aromatic carbocycles. The van der Waals surface area contributed by atoms with E-state index >= 15 is 0 Å². The second-order valence-electron chi connectivity index (χ2n) is 8.94. The number of rotatable bonds is 5. The van der Waals surface area contributed by atoms with Crippen LogP contribution in [0.1, 0.15) is 66.2 Å². The lowest BCUT2D eigenvalue weighted by Gasteiger charge is -2.46. The van der Waals surface area contributed by atoms with Gasteiger partial charge in [0, 0.05) is 23.2 Å². The minimum absolute atomic E-state index is 0.0476. The van der Waals surface area contributed by atoms with E-state index in [9.17, 15) is 10.1 Å². The van der Waals surface area contributed by atoms with Gasteiger partial charge < -0.3 is 16.0 Å². The molecule has 3 rings (SSSR count). The number of hydrogen-bond donors (Lipinski definition) is 3. The van der Waals surface area contributed by atoms with Crippen molar-refractivity contribution < 1.29 is 4.92 Å². The lowest BCUT2D eigenvalue weighted by molar-refractivity contribution is -0.383. The van der Waals surface area contributed by atoms with Crippen molar-refractivity contribution in [2.24, 2.45) is 0 Å². The fraction of sp³-hybridized carbons (Fsp3) is 0.778. The van der Waals surface area contributed by atoms with Crippen molar-refractivity contribution in [2.45, 2.75) is 89.4 Å². The number of anilines is 2. The summed E-state index contributed by atoms with van der Waals surface area (Å²) in [6.45, 7) is 8.63. The Kier molecular flexibility index (Phi) is 5.05. The molecule has 1 saturated heterocycles. The van der Waals surface area contributed by atoms with E-state index < -0.39 is 0 Å². The third kappa shape index (κ3) is 4.41. The first-order valence-electron chi connectivity index (χ1n) is 9.47. The second-order valence-corrected chi connectivity index (χ2v) is 8.94. The molecule has 0 amide bonds. The molecule has 0 unspecified atom stereocenters. The molecule has 2 heterocycles. The zero-order valence-corrected chi connectivity index (χ0v) is 16.1. The van der Waals surface area contributed by atoms with Crippen LogP contribution in [0, 0.1) is 10.1 Å². The minimum Gasteiger partial charge on any atom is -0.361 e. The predicted molar refractivity (Wildman–Crippen MR) is 103 cm³/mol. The van der Waals surface area contributed by atoms with Crippen LogP contribution in [-0.2, 0) is 0 Å². The number of aromatic nitrogens is 2. The molecular formula is C18H30N6O2. The van der Waals surface area contributed by atoms with Crippen LogP contribution in [0.4, 0.5) is 17.3 Å². The van der Waals surface area contributed by atoms with Crippen LogP contribution in [0.15, 0.2) is 6.33 Å². The minimum atomic E-state index is -0.378. The molecule has 26 heavy (non-hydrogen) atoms. The van der Waals surface area contributed by atoms with Gasteiger partial charge in [-0.15, -0.1) is 0 Å². The van der Waals surface area contributed by atoms with Gasteiger partial charge in [-0.1, -0.05) is 12.8 Å². The first kappa shape index (κ1) is 18.8. The summed E-state index contributed by atoms with van der Waals surface area (Å²) in [5, 5.41) is 22.0. The summed E-state index contributed by atoms with van der Waals surface area (Å²) in [6.07, 6.45) is 7.50. The molecule has 0 atom stereocenters. The SMILES string of the molecule is CC1(C)CC(Nc2ncnc(NC3CCCC3)c2[N+](=O)[O-])CC(C)(C)N1. The maximum Gasteiger partial charge on any atom is 0.353 e. The summed E-state index contributed by atoms with van der Waals surface area (Å²) in [6, 6.07) is 0.363. The first-order valence-corrected chi connectivity index (χ1v) is 9.47. The van der Waals surface area contributed by atoms with Crippen LogP contribution in [0.3, 0.4) is 0 Å². The first-order chi connectivity index (χ1) is 12.2. The Bertz CT molecular complexity index is 654. The van der Waals surface area contributed by atoms with Gasteiger partial charge in [0.2, 0.25) is 11.6 Å². The molecule has 1 aliphatic heterocycles. The van der Waals surface area contributed by atoms with E-state index in [0.717, 1.165) is 38.5 Å². The highest BCUT2D eigenvalue weighted by Crippen LogP contribution is 2.35. The number of nitrogens with zero attached hydrogens (tertiary/aromatic N) is 3. The summed E-state index contributed by atoms with van der Waals surface area (Å²) in [4.78, 5) is 19.7. The third-order valence-electron chi connectivity index (χ3n) is 5.23. The van der Waals surface area contributed by atoms with Gasteiger partial charge in [0.25, 0.3) is 0 Å². The highest BCUT2D eigenvalue weighted by atomic mass is 16.6. The van der Waals surface area contributed by atoms with Crippen molar-refractivity contribution in [1.82, 2.24) is 15.3 Å². The normalized spacial score (nSPS) is 22.9. The van der Waals surface area contributed by atoms with E-state index in [2.05, 4.69) is 53.6 Å². The molecule has 144 valence electrons. The van der Waals surface area contributed by atoms with E-state index in [4.69, 9.17) is 0 Å². The molecule has 8 nitrogen and oxygen atoms in total. The Morgan fingerprint density at radius 3 is 2.04 bits per heavy atom. The van der Waals surface area contributed by atoms with Crippen molar-refractivity contribution >= 4 is 17.3 Å². The number of nitrogens with one attached hydrogen (secondary N) is 3. The standard InChI is InChI=1S/C18H30N6O2/c1-17(2)9-13(10-18(3,4)23-17)22-16-14(24(25)26)15(19-11-20-16)21-12-7-5-6-8-12/h11-13,23H,5-10H2,1-4H3,(H2,19,20,21,22). The number of nitro groups is 1. The maximum absolute atomic E-state index is 11.7. The molecule has 8 heteroatoms.